The van der Waals surface area contributed by atoms with Crippen molar-refractivity contribution in [2.45, 2.75) is 25.6 Å². The van der Waals surface area contributed by atoms with Crippen LogP contribution in [0.15, 0.2) is 53.5 Å². The SMILES string of the molecule is CCn1ccc(C(=O)N2CCO[C@H](CO)[C@H]2c2ccccc2)cc1=O. The maximum atomic E-state index is 13.0. The number of hydrogen-bond acceptors (Lipinski definition) is 4. The number of aromatic nitrogens is 1. The van der Waals surface area contributed by atoms with Crippen LogP contribution in [0.2, 0.25) is 0 Å². The van der Waals surface area contributed by atoms with Gasteiger partial charge in [-0.15, -0.1) is 0 Å². The van der Waals surface area contributed by atoms with E-state index >= 15 is 0 Å². The summed E-state index contributed by atoms with van der Waals surface area (Å²) in [5, 5.41) is 9.69. The Labute approximate surface area is 146 Å². The van der Waals surface area contributed by atoms with E-state index < -0.39 is 6.10 Å². The zero-order chi connectivity index (χ0) is 17.8. The smallest absolute Gasteiger partial charge is 0.254 e. The molecule has 0 saturated carbocycles. The Kier molecular flexibility index (Phi) is 5.31. The molecule has 132 valence electrons. The topological polar surface area (TPSA) is 71.8 Å². The van der Waals surface area contributed by atoms with Gasteiger partial charge in [0.15, 0.2) is 0 Å². The van der Waals surface area contributed by atoms with E-state index in [9.17, 15) is 14.7 Å². The van der Waals surface area contributed by atoms with Gasteiger partial charge in [0.25, 0.3) is 11.5 Å². The average Bonchev–Trinajstić information content (AvgIpc) is 2.67. The molecular formula is C19H22N2O4. The number of hydrogen-bond donors (Lipinski definition) is 1. The van der Waals surface area contributed by atoms with Crippen molar-refractivity contribution in [2.24, 2.45) is 0 Å². The number of amides is 1. The van der Waals surface area contributed by atoms with Gasteiger partial charge in [0.1, 0.15) is 6.10 Å². The van der Waals surface area contributed by atoms with E-state index in [1.807, 2.05) is 37.3 Å². The summed E-state index contributed by atoms with van der Waals surface area (Å²) in [5.41, 5.74) is 1.06. The fraction of sp³-hybridized carbons (Fsp3) is 0.368. The lowest BCUT2D eigenvalue weighted by Gasteiger charge is -2.41. The number of aliphatic hydroxyl groups excluding tert-OH is 1. The van der Waals surface area contributed by atoms with E-state index in [1.54, 1.807) is 21.7 Å². The monoisotopic (exact) mass is 342 g/mol. The van der Waals surface area contributed by atoms with Crippen LogP contribution in [0.5, 0.6) is 0 Å². The number of ether oxygens (including phenoxy) is 1. The molecule has 0 bridgehead atoms. The summed E-state index contributed by atoms with van der Waals surface area (Å²) in [6.07, 6.45) is 1.15. The summed E-state index contributed by atoms with van der Waals surface area (Å²) in [6.45, 7) is 3.02. The molecule has 1 saturated heterocycles. The maximum Gasteiger partial charge on any atom is 0.254 e. The van der Waals surface area contributed by atoms with Gasteiger partial charge in [0.2, 0.25) is 0 Å². The minimum absolute atomic E-state index is 0.180. The standard InChI is InChI=1S/C19H22N2O4/c1-2-20-9-8-15(12-17(20)23)19(24)21-10-11-25-16(13-22)18(21)14-6-4-3-5-7-14/h3-9,12,16,18,22H,2,10-11,13H2,1H3/t16-,18-/m1/s1. The second-order valence-corrected chi connectivity index (χ2v) is 5.99. The summed E-state index contributed by atoms with van der Waals surface area (Å²) in [5.74, 6) is -0.226. The molecule has 0 radical (unpaired) electrons. The molecule has 1 aliphatic rings. The van der Waals surface area contributed by atoms with E-state index in [0.29, 0.717) is 25.3 Å². The Morgan fingerprint density at radius 2 is 2.04 bits per heavy atom. The second-order valence-electron chi connectivity index (χ2n) is 5.99. The molecule has 6 nitrogen and oxygen atoms in total. The van der Waals surface area contributed by atoms with Crippen molar-refractivity contribution in [1.82, 2.24) is 9.47 Å². The highest BCUT2D eigenvalue weighted by Crippen LogP contribution is 2.30. The molecule has 1 N–H and O–H groups in total. The van der Waals surface area contributed by atoms with Gasteiger partial charge >= 0.3 is 0 Å². The zero-order valence-electron chi connectivity index (χ0n) is 14.2. The van der Waals surface area contributed by atoms with Crippen molar-refractivity contribution in [1.29, 1.82) is 0 Å². The van der Waals surface area contributed by atoms with Gasteiger partial charge in [0, 0.05) is 30.9 Å². The molecule has 1 amide bonds. The number of benzene rings is 1. The highest BCUT2D eigenvalue weighted by atomic mass is 16.5. The molecule has 25 heavy (non-hydrogen) atoms. The van der Waals surface area contributed by atoms with E-state index in [0.717, 1.165) is 5.56 Å². The number of carbonyl (C=O) groups is 1. The molecule has 1 aromatic carbocycles. The molecule has 1 aromatic heterocycles. The van der Waals surface area contributed by atoms with Crippen molar-refractivity contribution in [3.05, 3.63) is 70.1 Å². The molecule has 0 spiro atoms. The molecular weight excluding hydrogens is 320 g/mol. The van der Waals surface area contributed by atoms with Gasteiger partial charge in [-0.25, -0.2) is 0 Å². The van der Waals surface area contributed by atoms with Crippen LogP contribution in [0.3, 0.4) is 0 Å². The first-order chi connectivity index (χ1) is 12.2. The molecule has 2 aromatic rings. The quantitative estimate of drug-likeness (QED) is 0.913. The third kappa shape index (κ3) is 3.50. The zero-order valence-corrected chi connectivity index (χ0v) is 14.2. The predicted molar refractivity (Wildman–Crippen MR) is 93.4 cm³/mol. The van der Waals surface area contributed by atoms with Crippen LogP contribution in [0, 0.1) is 0 Å². The summed E-state index contributed by atoms with van der Waals surface area (Å²) in [4.78, 5) is 26.8. The predicted octanol–water partition coefficient (Wildman–Crippen LogP) is 1.44. The number of pyridine rings is 1. The van der Waals surface area contributed by atoms with Gasteiger partial charge in [-0.3, -0.25) is 9.59 Å². The van der Waals surface area contributed by atoms with Crippen LogP contribution in [0.1, 0.15) is 28.9 Å². The van der Waals surface area contributed by atoms with Crippen LogP contribution >= 0.6 is 0 Å². The lowest BCUT2D eigenvalue weighted by molar-refractivity contribution is -0.0811. The normalized spacial score (nSPS) is 20.5. The fourth-order valence-electron chi connectivity index (χ4n) is 3.23. The van der Waals surface area contributed by atoms with E-state index in [1.165, 1.54) is 6.07 Å². The first kappa shape index (κ1) is 17.4. The summed E-state index contributed by atoms with van der Waals surface area (Å²) in [6, 6.07) is 12.2. The molecule has 1 fully saturated rings. The van der Waals surface area contributed by atoms with Crippen molar-refractivity contribution in [3.63, 3.8) is 0 Å². The van der Waals surface area contributed by atoms with Crippen molar-refractivity contribution >= 4 is 5.91 Å². The number of rotatable bonds is 4. The molecule has 0 aliphatic carbocycles. The van der Waals surface area contributed by atoms with Gasteiger partial charge < -0.3 is 19.3 Å². The third-order valence-electron chi connectivity index (χ3n) is 4.52. The highest BCUT2D eigenvalue weighted by Gasteiger charge is 2.36. The first-order valence-corrected chi connectivity index (χ1v) is 8.44. The van der Waals surface area contributed by atoms with Gasteiger partial charge in [-0.05, 0) is 18.6 Å². The van der Waals surface area contributed by atoms with E-state index in [-0.39, 0.29) is 24.1 Å². The fourth-order valence-corrected chi connectivity index (χ4v) is 3.23. The molecule has 1 aliphatic heterocycles. The summed E-state index contributed by atoms with van der Waals surface area (Å²) in [7, 11) is 0. The second kappa shape index (κ2) is 7.63. The Morgan fingerprint density at radius 3 is 2.68 bits per heavy atom. The van der Waals surface area contributed by atoms with Gasteiger partial charge in [-0.1, -0.05) is 30.3 Å². The van der Waals surface area contributed by atoms with Gasteiger partial charge in [-0.2, -0.15) is 0 Å². The largest absolute Gasteiger partial charge is 0.394 e. The molecule has 0 unspecified atom stereocenters. The number of nitrogens with zero attached hydrogens (tertiary/aromatic N) is 2. The molecule has 2 heterocycles. The highest BCUT2D eigenvalue weighted by molar-refractivity contribution is 5.94. The molecule has 2 atom stereocenters. The lowest BCUT2D eigenvalue weighted by atomic mass is 9.97. The van der Waals surface area contributed by atoms with Crippen molar-refractivity contribution in [3.8, 4) is 0 Å². The van der Waals surface area contributed by atoms with Crippen LogP contribution in [0.25, 0.3) is 0 Å². The van der Waals surface area contributed by atoms with Crippen LogP contribution < -0.4 is 5.56 Å². The molecule has 6 heteroatoms. The number of aryl methyl sites for hydroxylation is 1. The number of aliphatic hydroxyl groups is 1. The average molecular weight is 342 g/mol. The van der Waals surface area contributed by atoms with Crippen molar-refractivity contribution in [2.75, 3.05) is 19.8 Å². The maximum absolute atomic E-state index is 13.0. The Balaban J connectivity index is 1.96. The number of carbonyl (C=O) groups excluding carboxylic acids is 1. The van der Waals surface area contributed by atoms with Crippen LogP contribution in [-0.4, -0.2) is 46.3 Å². The first-order valence-electron chi connectivity index (χ1n) is 8.44. The van der Waals surface area contributed by atoms with Crippen LogP contribution in [0.4, 0.5) is 0 Å². The van der Waals surface area contributed by atoms with E-state index in [4.69, 9.17) is 4.74 Å². The third-order valence-corrected chi connectivity index (χ3v) is 4.52. The lowest BCUT2D eigenvalue weighted by Crippen LogP contribution is -2.49. The van der Waals surface area contributed by atoms with Crippen LogP contribution in [-0.2, 0) is 11.3 Å². The minimum Gasteiger partial charge on any atom is -0.394 e. The Morgan fingerprint density at radius 1 is 1.28 bits per heavy atom. The van der Waals surface area contributed by atoms with E-state index in [2.05, 4.69) is 0 Å². The number of morpholine rings is 1. The van der Waals surface area contributed by atoms with Gasteiger partial charge in [0.05, 0.1) is 19.3 Å². The Hall–Kier alpha value is -2.44. The Bertz CT molecular complexity index is 788. The summed E-state index contributed by atoms with van der Waals surface area (Å²) < 4.78 is 7.20. The van der Waals surface area contributed by atoms with Crippen molar-refractivity contribution < 1.29 is 14.6 Å². The minimum atomic E-state index is -0.490. The molecule has 3 rings (SSSR count). The summed E-state index contributed by atoms with van der Waals surface area (Å²) >= 11 is 0.